The maximum absolute atomic E-state index is 12.3. The lowest BCUT2D eigenvalue weighted by atomic mass is 10.2. The fraction of sp³-hybridized carbons (Fsp3) is 0.400. The van der Waals surface area contributed by atoms with Crippen LogP contribution in [0.3, 0.4) is 0 Å². The molecule has 0 aliphatic heterocycles. The van der Waals surface area contributed by atoms with Gasteiger partial charge in [0.15, 0.2) is 5.75 Å². The van der Waals surface area contributed by atoms with E-state index in [1.165, 1.54) is 12.1 Å². The van der Waals surface area contributed by atoms with E-state index in [1.807, 2.05) is 6.92 Å². The van der Waals surface area contributed by atoms with Crippen molar-refractivity contribution in [2.24, 2.45) is 5.73 Å². The highest BCUT2D eigenvalue weighted by Crippen LogP contribution is 2.37. The second-order valence-corrected chi connectivity index (χ2v) is 4.71. The smallest absolute Gasteiger partial charge is 0.387 e. The molecule has 0 fully saturated rings. The number of benzene rings is 1. The number of nitrogens with two attached hydrogens (primary N) is 1. The van der Waals surface area contributed by atoms with Crippen molar-refractivity contribution in [1.29, 1.82) is 0 Å². The summed E-state index contributed by atoms with van der Waals surface area (Å²) in [4.78, 5) is 0. The Morgan fingerprint density at radius 1 is 1.53 bits per heavy atom. The minimum Gasteiger partial charge on any atom is -0.431 e. The lowest BCUT2D eigenvalue weighted by molar-refractivity contribution is -0.0498. The fourth-order valence-corrected chi connectivity index (χ4v) is 2.10. The largest absolute Gasteiger partial charge is 0.431 e. The molecular formula is C10H12BrClF2N2O. The van der Waals surface area contributed by atoms with Crippen LogP contribution in [-0.4, -0.2) is 19.2 Å². The number of hydrogen-bond donors (Lipinski definition) is 2. The van der Waals surface area contributed by atoms with E-state index in [-0.39, 0.29) is 11.8 Å². The average Bonchev–Trinajstić information content (AvgIpc) is 2.22. The predicted molar refractivity (Wildman–Crippen MR) is 67.9 cm³/mol. The molecule has 1 aromatic rings. The zero-order valence-corrected chi connectivity index (χ0v) is 11.4. The molecule has 0 bridgehead atoms. The monoisotopic (exact) mass is 328 g/mol. The van der Waals surface area contributed by atoms with Gasteiger partial charge < -0.3 is 15.8 Å². The first-order chi connectivity index (χ1) is 7.93. The van der Waals surface area contributed by atoms with Gasteiger partial charge in [0.05, 0.1) is 10.2 Å². The second-order valence-electron chi connectivity index (χ2n) is 3.42. The van der Waals surface area contributed by atoms with Gasteiger partial charge in [0, 0.05) is 17.6 Å². The van der Waals surface area contributed by atoms with Gasteiger partial charge in [-0.1, -0.05) is 11.6 Å². The van der Waals surface area contributed by atoms with Gasteiger partial charge in [0.1, 0.15) is 0 Å². The van der Waals surface area contributed by atoms with Crippen molar-refractivity contribution >= 4 is 33.2 Å². The number of halogens is 4. The lowest BCUT2D eigenvalue weighted by Gasteiger charge is -2.18. The van der Waals surface area contributed by atoms with Crippen LogP contribution >= 0.6 is 27.5 Å². The van der Waals surface area contributed by atoms with Gasteiger partial charge in [-0.3, -0.25) is 0 Å². The highest BCUT2D eigenvalue weighted by molar-refractivity contribution is 9.10. The van der Waals surface area contributed by atoms with Crippen molar-refractivity contribution in [2.75, 3.05) is 11.9 Å². The van der Waals surface area contributed by atoms with Gasteiger partial charge in [0.2, 0.25) is 0 Å². The standard InChI is InChI=1S/C10H12BrClF2N2O/c1-5(4-15)16-8-3-6(12)2-7(11)9(8)17-10(13)14/h2-3,5,10,16H,4,15H2,1H3. The van der Waals surface area contributed by atoms with Crippen LogP contribution in [0.1, 0.15) is 6.92 Å². The van der Waals surface area contributed by atoms with Crippen LogP contribution in [0.15, 0.2) is 16.6 Å². The van der Waals surface area contributed by atoms with E-state index in [1.54, 1.807) is 0 Å². The van der Waals surface area contributed by atoms with Crippen LogP contribution in [0.5, 0.6) is 5.75 Å². The maximum Gasteiger partial charge on any atom is 0.387 e. The SMILES string of the molecule is CC(CN)Nc1cc(Cl)cc(Br)c1OC(F)F. The minimum atomic E-state index is -2.90. The Morgan fingerprint density at radius 3 is 2.71 bits per heavy atom. The molecule has 0 aliphatic carbocycles. The number of hydrogen-bond acceptors (Lipinski definition) is 3. The van der Waals surface area contributed by atoms with Gasteiger partial charge in [-0.15, -0.1) is 0 Å². The summed E-state index contributed by atoms with van der Waals surface area (Å²) >= 11 is 8.97. The molecule has 0 amide bonds. The lowest BCUT2D eigenvalue weighted by Crippen LogP contribution is -2.25. The Hall–Kier alpha value is -0.590. The number of rotatable bonds is 5. The Kier molecular flexibility index (Phi) is 5.42. The van der Waals surface area contributed by atoms with E-state index in [0.29, 0.717) is 21.7 Å². The highest BCUT2D eigenvalue weighted by Gasteiger charge is 2.15. The molecule has 3 N–H and O–H groups in total. The molecule has 96 valence electrons. The normalized spacial score (nSPS) is 12.6. The van der Waals surface area contributed by atoms with Crippen LogP contribution in [-0.2, 0) is 0 Å². The first kappa shape index (κ1) is 14.5. The maximum atomic E-state index is 12.3. The Bertz CT molecular complexity index is 393. The van der Waals surface area contributed by atoms with Gasteiger partial charge in [0.25, 0.3) is 0 Å². The second kappa shape index (κ2) is 6.37. The van der Waals surface area contributed by atoms with Gasteiger partial charge in [-0.05, 0) is 35.0 Å². The number of alkyl halides is 2. The summed E-state index contributed by atoms with van der Waals surface area (Å²) in [5.41, 5.74) is 5.83. The van der Waals surface area contributed by atoms with Crippen molar-refractivity contribution in [3.8, 4) is 5.75 Å². The van der Waals surface area contributed by atoms with Crippen LogP contribution in [0.4, 0.5) is 14.5 Å². The first-order valence-electron chi connectivity index (χ1n) is 4.84. The molecule has 1 atom stereocenters. The minimum absolute atomic E-state index is 0.0182. The van der Waals surface area contributed by atoms with Crippen LogP contribution < -0.4 is 15.8 Å². The van der Waals surface area contributed by atoms with Gasteiger partial charge >= 0.3 is 6.61 Å². The van der Waals surface area contributed by atoms with Crippen LogP contribution in [0, 0.1) is 0 Å². The van der Waals surface area contributed by atoms with E-state index in [4.69, 9.17) is 17.3 Å². The van der Waals surface area contributed by atoms with Crippen molar-refractivity contribution in [1.82, 2.24) is 0 Å². The van der Waals surface area contributed by atoms with Crippen molar-refractivity contribution in [2.45, 2.75) is 19.6 Å². The van der Waals surface area contributed by atoms with Crippen molar-refractivity contribution in [3.63, 3.8) is 0 Å². The molecule has 0 spiro atoms. The molecule has 0 saturated heterocycles. The summed E-state index contributed by atoms with van der Waals surface area (Å²) in [7, 11) is 0. The zero-order valence-electron chi connectivity index (χ0n) is 9.01. The molecule has 1 aromatic carbocycles. The topological polar surface area (TPSA) is 47.3 Å². The zero-order chi connectivity index (χ0) is 13.0. The van der Waals surface area contributed by atoms with Crippen LogP contribution in [0.25, 0.3) is 0 Å². The average molecular weight is 330 g/mol. The van der Waals surface area contributed by atoms with E-state index in [0.717, 1.165) is 0 Å². The third-order valence-corrected chi connectivity index (χ3v) is 2.78. The quantitative estimate of drug-likeness (QED) is 0.869. The molecule has 3 nitrogen and oxygen atoms in total. The van der Waals surface area contributed by atoms with E-state index >= 15 is 0 Å². The molecule has 0 saturated carbocycles. The molecule has 7 heteroatoms. The highest BCUT2D eigenvalue weighted by atomic mass is 79.9. The summed E-state index contributed by atoms with van der Waals surface area (Å²) in [6, 6.07) is 2.91. The molecule has 1 unspecified atom stereocenters. The summed E-state index contributed by atoms with van der Waals surface area (Å²) < 4.78 is 29.3. The Labute approximate surface area is 111 Å². The number of ether oxygens (including phenoxy) is 1. The Morgan fingerprint density at radius 2 is 2.18 bits per heavy atom. The molecule has 0 radical (unpaired) electrons. The van der Waals surface area contributed by atoms with E-state index in [9.17, 15) is 8.78 Å². The van der Waals surface area contributed by atoms with E-state index < -0.39 is 6.61 Å². The summed E-state index contributed by atoms with van der Waals surface area (Å²) in [5.74, 6) is 0.0182. The van der Waals surface area contributed by atoms with Gasteiger partial charge in [-0.25, -0.2) is 0 Å². The molecule has 0 aromatic heterocycles. The van der Waals surface area contributed by atoms with E-state index in [2.05, 4.69) is 26.0 Å². The molecule has 17 heavy (non-hydrogen) atoms. The number of nitrogens with one attached hydrogen (secondary N) is 1. The van der Waals surface area contributed by atoms with Crippen LogP contribution in [0.2, 0.25) is 5.02 Å². The molecule has 0 aliphatic rings. The fourth-order valence-electron chi connectivity index (χ4n) is 1.20. The molecule has 1 rings (SSSR count). The third-order valence-electron chi connectivity index (χ3n) is 1.97. The first-order valence-corrected chi connectivity index (χ1v) is 6.01. The third kappa shape index (κ3) is 4.29. The summed E-state index contributed by atoms with van der Waals surface area (Å²) in [5, 5.41) is 3.36. The van der Waals surface area contributed by atoms with Gasteiger partial charge in [-0.2, -0.15) is 8.78 Å². The molecular weight excluding hydrogens is 317 g/mol. The Balaban J connectivity index is 3.06. The predicted octanol–water partition coefficient (Wildman–Crippen LogP) is 3.46. The number of anilines is 1. The molecule has 0 heterocycles. The summed E-state index contributed by atoms with van der Waals surface area (Å²) in [6.07, 6.45) is 0. The van der Waals surface area contributed by atoms with Crippen molar-refractivity contribution in [3.05, 3.63) is 21.6 Å². The summed E-state index contributed by atoms with van der Waals surface area (Å²) in [6.45, 7) is -0.722. The van der Waals surface area contributed by atoms with Crippen molar-refractivity contribution < 1.29 is 13.5 Å².